The number of aryl methyl sites for hydroxylation is 1. The highest BCUT2D eigenvalue weighted by molar-refractivity contribution is 6.08. The molecule has 0 spiro atoms. The van der Waals surface area contributed by atoms with Crippen LogP contribution >= 0.6 is 0 Å². The lowest BCUT2D eigenvalue weighted by Gasteiger charge is -2.47. The topological polar surface area (TPSA) is 172 Å². The molecule has 2 aromatic heterocycles. The number of nitrogens with zero attached hydrogens (tertiary/aromatic N) is 5. The van der Waals surface area contributed by atoms with E-state index in [1.54, 1.807) is 47.1 Å². The maximum Gasteiger partial charge on any atom is 0.410 e. The molecular formula is C41H62FN5O10. The number of carbonyl (C=O) groups excluding carboxylic acids is 4. The number of imidazole rings is 1. The Morgan fingerprint density at radius 2 is 1.72 bits per heavy atom. The van der Waals surface area contributed by atoms with Crippen molar-refractivity contribution in [2.45, 2.75) is 154 Å². The number of ether oxygens (including phenoxy) is 5. The SMILES string of the molecule is CC[C@H]1OC(=O)[C@@](C)(F)C(=O)[C@H](C)[C@@H](O[C@@H]2O[C@H](C)C[C@H](N(C)C)[C@H]2O)[C@](C)(OC)C[C@@H](C)C(=O)[C@H](C)[C@H]2N(CCCCn3cnc4cccnc43)C(=O)O[C@]12C. The molecule has 0 aromatic carbocycles. The van der Waals surface area contributed by atoms with Crippen LogP contribution in [0.2, 0.25) is 0 Å². The maximum absolute atomic E-state index is 16.9. The second-order valence-corrected chi connectivity index (χ2v) is 17.1. The van der Waals surface area contributed by atoms with E-state index < -0.39 is 83.1 Å². The summed E-state index contributed by atoms with van der Waals surface area (Å²) in [6.07, 6.45) is -0.768. The number of ketones is 2. The first kappa shape index (κ1) is 44.5. The van der Waals surface area contributed by atoms with E-state index in [1.807, 2.05) is 42.6 Å². The first-order valence-electron chi connectivity index (χ1n) is 20.2. The van der Waals surface area contributed by atoms with Crippen molar-refractivity contribution in [3.05, 3.63) is 24.7 Å². The molecular weight excluding hydrogens is 741 g/mol. The number of hydrogen-bond acceptors (Lipinski definition) is 13. The van der Waals surface area contributed by atoms with Crippen molar-refractivity contribution < 1.29 is 52.4 Å². The lowest BCUT2D eigenvalue weighted by atomic mass is 9.73. The second kappa shape index (κ2) is 17.3. The number of aliphatic hydroxyl groups excluding tert-OH is 1. The monoisotopic (exact) mass is 803 g/mol. The first-order valence-corrected chi connectivity index (χ1v) is 20.2. The molecule has 3 fully saturated rings. The Morgan fingerprint density at radius 1 is 1.04 bits per heavy atom. The third-order valence-electron chi connectivity index (χ3n) is 12.6. The highest BCUT2D eigenvalue weighted by Crippen LogP contribution is 2.43. The largest absolute Gasteiger partial charge is 0.455 e. The summed E-state index contributed by atoms with van der Waals surface area (Å²) in [6, 6.07) is 2.42. The zero-order valence-electron chi connectivity index (χ0n) is 35.3. The van der Waals surface area contributed by atoms with Gasteiger partial charge in [-0.1, -0.05) is 27.7 Å². The van der Waals surface area contributed by atoms with E-state index in [-0.39, 0.29) is 37.3 Å². The summed E-state index contributed by atoms with van der Waals surface area (Å²) in [4.78, 5) is 68.8. The molecule has 2 aromatic rings. The highest BCUT2D eigenvalue weighted by atomic mass is 19.1. The van der Waals surface area contributed by atoms with Crippen molar-refractivity contribution >= 4 is 34.8 Å². The Labute approximate surface area is 334 Å². The number of fused-ring (bicyclic) bond motifs is 2. The molecule has 1 amide bonds. The van der Waals surface area contributed by atoms with Crippen molar-refractivity contribution in [3.63, 3.8) is 0 Å². The van der Waals surface area contributed by atoms with Gasteiger partial charge in [-0.05, 0) is 86.0 Å². The number of cyclic esters (lactones) is 1. The van der Waals surface area contributed by atoms with E-state index in [1.165, 1.54) is 18.9 Å². The smallest absolute Gasteiger partial charge is 0.410 e. The lowest BCUT2D eigenvalue weighted by Crippen LogP contribution is -2.61. The molecule has 0 radical (unpaired) electrons. The molecule has 1 N–H and O–H groups in total. The van der Waals surface area contributed by atoms with Gasteiger partial charge >= 0.3 is 12.1 Å². The number of Topliss-reactive ketones (excluding diaryl/α,β-unsaturated/α-hetero) is 2. The van der Waals surface area contributed by atoms with Crippen LogP contribution < -0.4 is 0 Å². The number of aliphatic hydroxyl groups is 1. The lowest BCUT2D eigenvalue weighted by molar-refractivity contribution is -0.295. The molecule has 3 saturated heterocycles. The number of hydrogen-bond donors (Lipinski definition) is 1. The number of amides is 1. The third kappa shape index (κ3) is 8.61. The van der Waals surface area contributed by atoms with Gasteiger partial charge in [0.1, 0.15) is 23.5 Å². The van der Waals surface area contributed by atoms with Gasteiger partial charge in [0.15, 0.2) is 23.3 Å². The number of unbranched alkanes of at least 4 members (excludes halogenated alkanes) is 1. The number of alkyl halides is 1. The molecule has 5 heterocycles. The molecule has 0 unspecified atom stereocenters. The minimum Gasteiger partial charge on any atom is -0.455 e. The third-order valence-corrected chi connectivity index (χ3v) is 12.6. The summed E-state index contributed by atoms with van der Waals surface area (Å²) in [5, 5.41) is 11.4. The number of halogens is 1. The van der Waals surface area contributed by atoms with Gasteiger partial charge in [-0.25, -0.2) is 23.9 Å². The average molecular weight is 804 g/mol. The Morgan fingerprint density at radius 3 is 2.37 bits per heavy atom. The van der Waals surface area contributed by atoms with E-state index in [4.69, 9.17) is 23.7 Å². The first-order chi connectivity index (χ1) is 26.7. The van der Waals surface area contributed by atoms with Gasteiger partial charge in [0.05, 0.1) is 30.2 Å². The van der Waals surface area contributed by atoms with Crippen LogP contribution in [0.3, 0.4) is 0 Å². The average Bonchev–Trinajstić information content (AvgIpc) is 3.70. The molecule has 13 atom stereocenters. The van der Waals surface area contributed by atoms with Crippen LogP contribution in [0.4, 0.5) is 9.18 Å². The van der Waals surface area contributed by atoms with Crippen LogP contribution in [0.5, 0.6) is 0 Å². The van der Waals surface area contributed by atoms with E-state index in [2.05, 4.69) is 9.97 Å². The number of rotatable bonds is 10. The maximum atomic E-state index is 16.9. The number of aromatic nitrogens is 3. The van der Waals surface area contributed by atoms with E-state index >= 15 is 4.39 Å². The van der Waals surface area contributed by atoms with Crippen LogP contribution in [-0.4, -0.2) is 140 Å². The van der Waals surface area contributed by atoms with Crippen LogP contribution in [0.1, 0.15) is 87.5 Å². The zero-order valence-corrected chi connectivity index (χ0v) is 35.3. The van der Waals surface area contributed by atoms with Crippen molar-refractivity contribution in [2.75, 3.05) is 27.7 Å². The Bertz CT molecular complexity index is 1770. The standard InChI is InChI=1S/C41H62FN5O10/c1-12-29-41(8)32(47(38(52)57-41)19-14-13-18-46-22-44-27-16-15-17-43-35(27)46)25(4)30(48)23(2)21-39(6,53-11)34(26(5)33(50)40(7,42)37(51)55-29)56-36-31(49)28(45(9)10)20-24(3)54-36/h15-17,22-26,28-29,31-32,34,36,49H,12-14,18-21H2,1-11H3/t23-,24-,25+,26+,28+,29-,31-,32-,34-,36+,39-,40+,41-/m1/s1. The predicted molar refractivity (Wildman–Crippen MR) is 207 cm³/mol. The summed E-state index contributed by atoms with van der Waals surface area (Å²) in [5.74, 6) is -5.78. The highest BCUT2D eigenvalue weighted by Gasteiger charge is 2.61. The van der Waals surface area contributed by atoms with E-state index in [0.29, 0.717) is 25.8 Å². The fourth-order valence-electron chi connectivity index (χ4n) is 9.34. The molecule has 57 heavy (non-hydrogen) atoms. The number of methoxy groups -OCH3 is 1. The molecule has 0 aliphatic carbocycles. The van der Waals surface area contributed by atoms with E-state index in [0.717, 1.165) is 18.1 Å². The molecule has 3 aliphatic rings. The number of esters is 1. The fraction of sp³-hybridized carbons (Fsp3) is 0.756. The van der Waals surface area contributed by atoms with Gasteiger partial charge in [0, 0.05) is 50.2 Å². The van der Waals surface area contributed by atoms with Gasteiger partial charge in [0.25, 0.3) is 5.67 Å². The van der Waals surface area contributed by atoms with Crippen LogP contribution in [-0.2, 0) is 44.6 Å². The summed E-state index contributed by atoms with van der Waals surface area (Å²) >= 11 is 0. The van der Waals surface area contributed by atoms with Crippen molar-refractivity contribution in [3.8, 4) is 0 Å². The van der Waals surface area contributed by atoms with Gasteiger partial charge in [-0.3, -0.25) is 9.59 Å². The van der Waals surface area contributed by atoms with Gasteiger partial charge in [-0.15, -0.1) is 0 Å². The molecule has 16 heteroatoms. The Balaban J connectivity index is 1.49. The van der Waals surface area contributed by atoms with Crippen molar-refractivity contribution in [2.24, 2.45) is 17.8 Å². The minimum atomic E-state index is -3.17. The second-order valence-electron chi connectivity index (χ2n) is 17.1. The van der Waals surface area contributed by atoms with Crippen LogP contribution in [0.25, 0.3) is 11.2 Å². The van der Waals surface area contributed by atoms with Crippen molar-refractivity contribution in [1.29, 1.82) is 0 Å². The van der Waals surface area contributed by atoms with Gasteiger partial charge in [0.2, 0.25) is 0 Å². The quantitative estimate of drug-likeness (QED) is 0.202. The molecule has 0 bridgehead atoms. The number of pyridine rings is 1. The Kier molecular flexibility index (Phi) is 13.5. The normalized spacial score (nSPS) is 38.6. The van der Waals surface area contributed by atoms with Crippen molar-refractivity contribution in [1.82, 2.24) is 24.3 Å². The Hall–Kier alpha value is -3.57. The number of likely N-dealkylation sites (N-methyl/N-ethyl adjacent to an activating group) is 1. The number of carbonyl (C=O) groups is 4. The zero-order chi connectivity index (χ0) is 42.2. The van der Waals surface area contributed by atoms with E-state index in [9.17, 15) is 24.3 Å². The summed E-state index contributed by atoms with van der Waals surface area (Å²) in [5.41, 5.74) is -4.69. The van der Waals surface area contributed by atoms with Crippen LogP contribution in [0.15, 0.2) is 24.7 Å². The summed E-state index contributed by atoms with van der Waals surface area (Å²) in [7, 11) is 5.05. The summed E-state index contributed by atoms with van der Waals surface area (Å²) < 4.78 is 49.3. The molecule has 3 aliphatic heterocycles. The fourth-order valence-corrected chi connectivity index (χ4v) is 9.34. The molecule has 318 valence electrons. The van der Waals surface area contributed by atoms with Gasteiger partial charge in [-0.2, -0.15) is 0 Å². The molecule has 5 rings (SSSR count). The van der Waals surface area contributed by atoms with Crippen LogP contribution in [0, 0.1) is 17.8 Å². The molecule has 15 nitrogen and oxygen atoms in total. The molecule has 0 saturated carbocycles. The predicted octanol–water partition coefficient (Wildman–Crippen LogP) is 4.51. The summed E-state index contributed by atoms with van der Waals surface area (Å²) in [6.45, 7) is 13.3. The minimum absolute atomic E-state index is 0.000224. The van der Waals surface area contributed by atoms with Gasteiger partial charge < -0.3 is 43.2 Å².